The number of fused-ring (bicyclic) bond motifs is 1. The summed E-state index contributed by atoms with van der Waals surface area (Å²) in [4.78, 5) is 16.6. The lowest BCUT2D eigenvalue weighted by atomic mass is 10.1. The highest BCUT2D eigenvalue weighted by molar-refractivity contribution is 7.22. The number of aromatic nitrogens is 1. The summed E-state index contributed by atoms with van der Waals surface area (Å²) in [5, 5.41) is 3.08. The molecule has 0 aliphatic heterocycles. The zero-order chi connectivity index (χ0) is 18.0. The first-order valence-electron chi connectivity index (χ1n) is 7.29. The summed E-state index contributed by atoms with van der Waals surface area (Å²) in [6, 6.07) is 11.6. The quantitative estimate of drug-likeness (QED) is 0.722. The summed E-state index contributed by atoms with van der Waals surface area (Å²) in [5.41, 5.74) is 1.95. The molecule has 25 heavy (non-hydrogen) atoms. The fraction of sp³-hybridized carbons (Fsp3) is 0.176. The van der Waals surface area contributed by atoms with Gasteiger partial charge in [0.15, 0.2) is 11.7 Å². The first kappa shape index (κ1) is 17.2. The Morgan fingerprint density at radius 3 is 2.72 bits per heavy atom. The number of rotatable bonds is 4. The standard InChI is InChI=1S/C17H13F3N2O2S/c1-10-4-2-3-5-12(10)15(23)22-16-21-13-7-6-11(8-14(13)25-16)24-9-17(18,19)20/h2-8H,9H2,1H3,(H,21,22,23). The Morgan fingerprint density at radius 1 is 1.24 bits per heavy atom. The monoisotopic (exact) mass is 366 g/mol. The van der Waals surface area contributed by atoms with Crippen molar-refractivity contribution >= 4 is 32.6 Å². The number of hydrogen-bond acceptors (Lipinski definition) is 4. The van der Waals surface area contributed by atoms with E-state index < -0.39 is 12.8 Å². The Balaban J connectivity index is 1.77. The number of halogens is 3. The number of thiazole rings is 1. The van der Waals surface area contributed by atoms with Crippen molar-refractivity contribution in [2.45, 2.75) is 13.1 Å². The number of carbonyl (C=O) groups excluding carboxylic acids is 1. The van der Waals surface area contributed by atoms with E-state index in [0.29, 0.717) is 20.9 Å². The second kappa shape index (κ2) is 6.72. The number of hydrogen-bond donors (Lipinski definition) is 1. The molecule has 0 aliphatic carbocycles. The maximum absolute atomic E-state index is 12.3. The minimum atomic E-state index is -4.39. The number of ether oxygens (including phenoxy) is 1. The van der Waals surface area contributed by atoms with E-state index >= 15 is 0 Å². The average molecular weight is 366 g/mol. The zero-order valence-electron chi connectivity index (χ0n) is 13.1. The summed E-state index contributed by atoms with van der Waals surface area (Å²) < 4.78 is 42.0. The van der Waals surface area contributed by atoms with E-state index in [1.165, 1.54) is 23.5 Å². The molecule has 1 amide bonds. The van der Waals surface area contributed by atoms with Crippen LogP contribution in [0.3, 0.4) is 0 Å². The van der Waals surface area contributed by atoms with Crippen molar-refractivity contribution in [2.24, 2.45) is 0 Å². The Bertz CT molecular complexity index is 922. The van der Waals surface area contributed by atoms with Crippen molar-refractivity contribution in [1.29, 1.82) is 0 Å². The highest BCUT2D eigenvalue weighted by Gasteiger charge is 2.28. The van der Waals surface area contributed by atoms with E-state index in [1.54, 1.807) is 18.2 Å². The Morgan fingerprint density at radius 2 is 2.00 bits per heavy atom. The highest BCUT2D eigenvalue weighted by atomic mass is 32.1. The van der Waals surface area contributed by atoms with Gasteiger partial charge in [-0.05, 0) is 36.8 Å². The Labute approximate surface area is 145 Å². The van der Waals surface area contributed by atoms with E-state index in [1.807, 2.05) is 19.1 Å². The first-order chi connectivity index (χ1) is 11.8. The van der Waals surface area contributed by atoms with Gasteiger partial charge in [-0.2, -0.15) is 13.2 Å². The van der Waals surface area contributed by atoms with Crippen molar-refractivity contribution in [2.75, 3.05) is 11.9 Å². The fourth-order valence-corrected chi connectivity index (χ4v) is 3.09. The number of alkyl halides is 3. The molecule has 0 saturated carbocycles. The number of nitrogens with one attached hydrogen (secondary N) is 1. The summed E-state index contributed by atoms with van der Waals surface area (Å²) in [7, 11) is 0. The van der Waals surface area contributed by atoms with Crippen LogP contribution in [-0.4, -0.2) is 23.7 Å². The third-order valence-electron chi connectivity index (χ3n) is 3.37. The zero-order valence-corrected chi connectivity index (χ0v) is 13.9. The number of carbonyl (C=O) groups is 1. The van der Waals surface area contributed by atoms with Gasteiger partial charge in [0.25, 0.3) is 5.91 Å². The van der Waals surface area contributed by atoms with Gasteiger partial charge in [0, 0.05) is 5.56 Å². The van der Waals surface area contributed by atoms with Crippen LogP contribution in [-0.2, 0) is 0 Å². The van der Waals surface area contributed by atoms with Crippen molar-refractivity contribution < 1.29 is 22.7 Å². The molecule has 0 bridgehead atoms. The molecular formula is C17H13F3N2O2S. The molecule has 2 aromatic carbocycles. The molecule has 8 heteroatoms. The minimum absolute atomic E-state index is 0.102. The van der Waals surface area contributed by atoms with Crippen LogP contribution in [0.2, 0.25) is 0 Å². The van der Waals surface area contributed by atoms with Gasteiger partial charge in [-0.3, -0.25) is 10.1 Å². The molecule has 0 saturated heterocycles. The third kappa shape index (κ3) is 4.27. The molecule has 0 spiro atoms. The molecule has 1 aromatic heterocycles. The number of benzene rings is 2. The van der Waals surface area contributed by atoms with E-state index in [-0.39, 0.29) is 11.7 Å². The normalized spacial score (nSPS) is 11.5. The van der Waals surface area contributed by atoms with Crippen LogP contribution in [0, 0.1) is 6.92 Å². The van der Waals surface area contributed by atoms with Crippen LogP contribution in [0.1, 0.15) is 15.9 Å². The summed E-state index contributed by atoms with van der Waals surface area (Å²) in [5.74, 6) is -0.184. The molecule has 0 atom stereocenters. The SMILES string of the molecule is Cc1ccccc1C(=O)Nc1nc2ccc(OCC(F)(F)F)cc2s1. The van der Waals surface area contributed by atoms with E-state index in [2.05, 4.69) is 10.3 Å². The summed E-state index contributed by atoms with van der Waals surface area (Å²) in [6.45, 7) is 0.478. The van der Waals surface area contributed by atoms with E-state index in [4.69, 9.17) is 4.74 Å². The summed E-state index contributed by atoms with van der Waals surface area (Å²) >= 11 is 1.17. The molecule has 1 heterocycles. The van der Waals surface area contributed by atoms with Gasteiger partial charge in [0.05, 0.1) is 10.2 Å². The minimum Gasteiger partial charge on any atom is -0.484 e. The predicted molar refractivity (Wildman–Crippen MR) is 90.3 cm³/mol. The van der Waals surface area contributed by atoms with Gasteiger partial charge < -0.3 is 4.74 Å². The lowest BCUT2D eigenvalue weighted by molar-refractivity contribution is -0.153. The molecule has 0 aliphatic rings. The smallest absolute Gasteiger partial charge is 0.422 e. The average Bonchev–Trinajstić information content (AvgIpc) is 2.94. The highest BCUT2D eigenvalue weighted by Crippen LogP contribution is 2.30. The van der Waals surface area contributed by atoms with Crippen LogP contribution in [0.4, 0.5) is 18.3 Å². The molecule has 0 fully saturated rings. The van der Waals surface area contributed by atoms with Crippen molar-refractivity contribution in [3.63, 3.8) is 0 Å². The molecular weight excluding hydrogens is 353 g/mol. The van der Waals surface area contributed by atoms with Gasteiger partial charge in [0.1, 0.15) is 5.75 Å². The van der Waals surface area contributed by atoms with Crippen molar-refractivity contribution in [1.82, 2.24) is 4.98 Å². The van der Waals surface area contributed by atoms with Crippen LogP contribution in [0.25, 0.3) is 10.2 Å². The van der Waals surface area contributed by atoms with Gasteiger partial charge in [-0.1, -0.05) is 29.5 Å². The molecule has 4 nitrogen and oxygen atoms in total. The lowest BCUT2D eigenvalue weighted by Gasteiger charge is -2.08. The molecule has 1 N–H and O–H groups in total. The van der Waals surface area contributed by atoms with Gasteiger partial charge in [-0.25, -0.2) is 4.98 Å². The van der Waals surface area contributed by atoms with E-state index in [0.717, 1.165) is 5.56 Å². The van der Waals surface area contributed by atoms with E-state index in [9.17, 15) is 18.0 Å². The molecule has 130 valence electrons. The predicted octanol–water partition coefficient (Wildman–Crippen LogP) is 4.80. The van der Waals surface area contributed by atoms with Crippen LogP contribution >= 0.6 is 11.3 Å². The fourth-order valence-electron chi connectivity index (χ4n) is 2.21. The van der Waals surface area contributed by atoms with Gasteiger partial charge >= 0.3 is 6.18 Å². The Hall–Kier alpha value is -2.61. The maximum atomic E-state index is 12.3. The topological polar surface area (TPSA) is 51.2 Å². The lowest BCUT2D eigenvalue weighted by Crippen LogP contribution is -2.19. The maximum Gasteiger partial charge on any atom is 0.422 e. The van der Waals surface area contributed by atoms with Crippen LogP contribution in [0.5, 0.6) is 5.75 Å². The second-order valence-electron chi connectivity index (χ2n) is 5.32. The van der Waals surface area contributed by atoms with Gasteiger partial charge in [-0.15, -0.1) is 0 Å². The largest absolute Gasteiger partial charge is 0.484 e. The van der Waals surface area contributed by atoms with Gasteiger partial charge in [0.2, 0.25) is 0 Å². The molecule has 3 rings (SSSR count). The van der Waals surface area contributed by atoms with Crippen LogP contribution in [0.15, 0.2) is 42.5 Å². The number of aryl methyl sites for hydroxylation is 1. The Kier molecular flexibility index (Phi) is 4.63. The third-order valence-corrected chi connectivity index (χ3v) is 4.31. The second-order valence-corrected chi connectivity index (χ2v) is 6.35. The number of anilines is 1. The van der Waals surface area contributed by atoms with Crippen LogP contribution < -0.4 is 10.1 Å². The first-order valence-corrected chi connectivity index (χ1v) is 8.10. The molecule has 0 radical (unpaired) electrons. The molecule has 3 aromatic rings. The number of nitrogens with zero attached hydrogens (tertiary/aromatic N) is 1. The molecule has 0 unspecified atom stereocenters. The van der Waals surface area contributed by atoms with Crippen molar-refractivity contribution in [3.8, 4) is 5.75 Å². The number of amides is 1. The van der Waals surface area contributed by atoms with Crippen molar-refractivity contribution in [3.05, 3.63) is 53.6 Å². The summed E-state index contributed by atoms with van der Waals surface area (Å²) in [6.07, 6.45) is -4.39.